The Balaban J connectivity index is 2.16. The summed E-state index contributed by atoms with van der Waals surface area (Å²) in [5.41, 5.74) is 0.270. The summed E-state index contributed by atoms with van der Waals surface area (Å²) in [7, 11) is 0. The molecule has 1 heterocycles. The van der Waals surface area contributed by atoms with Crippen LogP contribution in [0.2, 0.25) is 10.0 Å². The number of rotatable bonds is 4. The lowest BCUT2D eigenvalue weighted by Crippen LogP contribution is -2.36. The summed E-state index contributed by atoms with van der Waals surface area (Å²) in [5.74, 6) is 0. The first-order valence-electron chi connectivity index (χ1n) is 7.23. The predicted octanol–water partition coefficient (Wildman–Crippen LogP) is 4.69. The Morgan fingerprint density at radius 3 is 1.83 bits per heavy atom. The normalized spacial score (nSPS) is 13.0. The van der Waals surface area contributed by atoms with Crippen LogP contribution in [0.4, 0.5) is 0 Å². The first kappa shape index (κ1) is 16.1. The summed E-state index contributed by atoms with van der Waals surface area (Å²) in [4.78, 5) is 4.08. The molecule has 1 aromatic heterocycles. The van der Waals surface area contributed by atoms with E-state index in [1.807, 2.05) is 42.0 Å². The van der Waals surface area contributed by atoms with Crippen molar-refractivity contribution in [3.8, 4) is 0 Å². The number of nitrogens with zero attached hydrogens (tertiary/aromatic N) is 2. The van der Waals surface area contributed by atoms with Crippen LogP contribution in [0.5, 0.6) is 0 Å². The zero-order chi connectivity index (χ0) is 16.4. The Bertz CT molecular complexity index is 722. The first-order valence-corrected chi connectivity index (χ1v) is 7.99. The third-order valence-corrected chi connectivity index (χ3v) is 4.65. The molecule has 0 aliphatic carbocycles. The average Bonchev–Trinajstić information content (AvgIpc) is 3.09. The predicted molar refractivity (Wildman–Crippen MR) is 92.8 cm³/mol. The van der Waals surface area contributed by atoms with Crippen LogP contribution in [0, 0.1) is 0 Å². The van der Waals surface area contributed by atoms with E-state index in [1.54, 1.807) is 36.8 Å². The molecular formula is C18H16Cl2N2O. The third kappa shape index (κ3) is 3.00. The van der Waals surface area contributed by atoms with Gasteiger partial charge in [0.05, 0.1) is 12.4 Å². The van der Waals surface area contributed by atoms with Crippen molar-refractivity contribution in [2.24, 2.45) is 0 Å². The number of benzene rings is 2. The molecule has 0 aliphatic heterocycles. The highest BCUT2D eigenvalue weighted by atomic mass is 35.5. The zero-order valence-electron chi connectivity index (χ0n) is 12.5. The SMILES string of the molecule is CC(n1ccnc1)C(O)(c1ccc(Cl)cc1)c1ccc(Cl)cc1. The molecule has 0 bridgehead atoms. The Hall–Kier alpha value is -1.81. The van der Waals surface area contributed by atoms with Gasteiger partial charge in [-0.1, -0.05) is 47.5 Å². The van der Waals surface area contributed by atoms with Gasteiger partial charge in [-0.2, -0.15) is 0 Å². The van der Waals surface area contributed by atoms with E-state index in [-0.39, 0.29) is 6.04 Å². The van der Waals surface area contributed by atoms with Gasteiger partial charge in [0.25, 0.3) is 0 Å². The summed E-state index contributed by atoms with van der Waals surface area (Å²) in [6, 6.07) is 14.2. The number of halogens is 2. The van der Waals surface area contributed by atoms with Crippen molar-refractivity contribution in [1.82, 2.24) is 9.55 Å². The minimum Gasteiger partial charge on any atom is -0.378 e. The van der Waals surface area contributed by atoms with Crippen molar-refractivity contribution in [1.29, 1.82) is 0 Å². The van der Waals surface area contributed by atoms with Crippen LogP contribution in [0.3, 0.4) is 0 Å². The van der Waals surface area contributed by atoms with Gasteiger partial charge >= 0.3 is 0 Å². The molecule has 0 saturated heterocycles. The maximum absolute atomic E-state index is 11.6. The van der Waals surface area contributed by atoms with E-state index in [1.165, 1.54) is 0 Å². The number of imidazole rings is 1. The fourth-order valence-corrected chi connectivity index (χ4v) is 3.02. The Labute approximate surface area is 145 Å². The van der Waals surface area contributed by atoms with Crippen LogP contribution < -0.4 is 0 Å². The minimum atomic E-state index is -1.24. The molecule has 0 fully saturated rings. The summed E-state index contributed by atoms with van der Waals surface area (Å²) in [6.45, 7) is 1.95. The summed E-state index contributed by atoms with van der Waals surface area (Å²) in [6.07, 6.45) is 5.23. The highest BCUT2D eigenvalue weighted by Gasteiger charge is 2.38. The topological polar surface area (TPSA) is 38.0 Å². The molecular weight excluding hydrogens is 331 g/mol. The lowest BCUT2D eigenvalue weighted by atomic mass is 9.80. The number of hydrogen-bond acceptors (Lipinski definition) is 2. The van der Waals surface area contributed by atoms with Crippen molar-refractivity contribution in [2.75, 3.05) is 0 Å². The monoisotopic (exact) mass is 346 g/mol. The van der Waals surface area contributed by atoms with Gasteiger partial charge in [-0.15, -0.1) is 0 Å². The molecule has 1 atom stereocenters. The molecule has 0 spiro atoms. The van der Waals surface area contributed by atoms with E-state index < -0.39 is 5.60 Å². The van der Waals surface area contributed by atoms with Crippen molar-refractivity contribution >= 4 is 23.2 Å². The smallest absolute Gasteiger partial charge is 0.135 e. The van der Waals surface area contributed by atoms with E-state index in [0.29, 0.717) is 10.0 Å². The van der Waals surface area contributed by atoms with Gasteiger partial charge in [0.15, 0.2) is 0 Å². The van der Waals surface area contributed by atoms with E-state index in [4.69, 9.17) is 23.2 Å². The molecule has 0 saturated carbocycles. The third-order valence-electron chi connectivity index (χ3n) is 4.15. The molecule has 118 valence electrons. The highest BCUT2D eigenvalue weighted by Crippen LogP contribution is 2.40. The second-order valence-corrected chi connectivity index (χ2v) is 6.34. The Kier molecular flexibility index (Phi) is 4.44. The zero-order valence-corrected chi connectivity index (χ0v) is 14.0. The van der Waals surface area contributed by atoms with E-state index >= 15 is 0 Å². The molecule has 2 aromatic carbocycles. The average molecular weight is 347 g/mol. The standard InChI is InChI=1S/C18H16Cl2N2O/c1-13(22-11-10-21-12-22)18(23,14-2-6-16(19)7-3-14)15-4-8-17(20)9-5-15/h2-13,23H,1H3. The van der Waals surface area contributed by atoms with Gasteiger partial charge in [0.2, 0.25) is 0 Å². The molecule has 5 heteroatoms. The molecule has 3 rings (SSSR count). The van der Waals surface area contributed by atoms with Gasteiger partial charge < -0.3 is 9.67 Å². The van der Waals surface area contributed by atoms with Gasteiger partial charge in [-0.25, -0.2) is 4.98 Å². The largest absolute Gasteiger partial charge is 0.378 e. The maximum atomic E-state index is 11.6. The highest BCUT2D eigenvalue weighted by molar-refractivity contribution is 6.30. The number of aliphatic hydroxyl groups is 1. The summed E-state index contributed by atoms with van der Waals surface area (Å²) in [5, 5.41) is 12.9. The van der Waals surface area contributed by atoms with Gasteiger partial charge in [0, 0.05) is 22.4 Å². The fraction of sp³-hybridized carbons (Fsp3) is 0.167. The fourth-order valence-electron chi connectivity index (χ4n) is 2.77. The maximum Gasteiger partial charge on any atom is 0.135 e. The quantitative estimate of drug-likeness (QED) is 0.744. The molecule has 23 heavy (non-hydrogen) atoms. The molecule has 0 aliphatic rings. The molecule has 1 N–H and O–H groups in total. The van der Waals surface area contributed by atoms with Crippen LogP contribution in [0.15, 0.2) is 67.3 Å². The van der Waals surface area contributed by atoms with Crippen molar-refractivity contribution in [3.63, 3.8) is 0 Å². The summed E-state index contributed by atoms with van der Waals surface area (Å²) >= 11 is 12.0. The van der Waals surface area contributed by atoms with Crippen LogP contribution in [-0.4, -0.2) is 14.7 Å². The molecule has 3 aromatic rings. The van der Waals surface area contributed by atoms with Crippen LogP contribution in [0.25, 0.3) is 0 Å². The molecule has 3 nitrogen and oxygen atoms in total. The van der Waals surface area contributed by atoms with Gasteiger partial charge in [0.1, 0.15) is 5.60 Å². The molecule has 1 unspecified atom stereocenters. The van der Waals surface area contributed by atoms with Crippen molar-refractivity contribution < 1.29 is 5.11 Å². The van der Waals surface area contributed by atoms with E-state index in [2.05, 4.69) is 4.98 Å². The van der Waals surface area contributed by atoms with Crippen molar-refractivity contribution in [2.45, 2.75) is 18.6 Å². The van der Waals surface area contributed by atoms with Gasteiger partial charge in [-0.05, 0) is 42.3 Å². The van der Waals surface area contributed by atoms with Crippen LogP contribution >= 0.6 is 23.2 Å². The van der Waals surface area contributed by atoms with E-state index in [0.717, 1.165) is 11.1 Å². The first-order chi connectivity index (χ1) is 11.0. The minimum absolute atomic E-state index is 0.271. The lowest BCUT2D eigenvalue weighted by molar-refractivity contribution is 0.0295. The second-order valence-electron chi connectivity index (χ2n) is 5.47. The molecule has 0 radical (unpaired) electrons. The number of aromatic nitrogens is 2. The lowest BCUT2D eigenvalue weighted by Gasteiger charge is -2.36. The number of hydrogen-bond donors (Lipinski definition) is 1. The Morgan fingerprint density at radius 2 is 1.43 bits per heavy atom. The van der Waals surface area contributed by atoms with Gasteiger partial charge in [-0.3, -0.25) is 0 Å². The molecule has 0 amide bonds. The van der Waals surface area contributed by atoms with E-state index in [9.17, 15) is 5.11 Å². The summed E-state index contributed by atoms with van der Waals surface area (Å²) < 4.78 is 1.88. The Morgan fingerprint density at radius 1 is 0.957 bits per heavy atom. The second kappa shape index (κ2) is 6.36. The van der Waals surface area contributed by atoms with Crippen LogP contribution in [-0.2, 0) is 5.60 Å². The van der Waals surface area contributed by atoms with Crippen molar-refractivity contribution in [3.05, 3.63) is 88.4 Å². The van der Waals surface area contributed by atoms with Crippen LogP contribution in [0.1, 0.15) is 24.1 Å².